The van der Waals surface area contributed by atoms with Crippen LogP contribution in [0.5, 0.6) is 5.88 Å². The van der Waals surface area contributed by atoms with Gasteiger partial charge in [-0.2, -0.15) is 0 Å². The number of hydrogen-bond acceptors (Lipinski definition) is 5. The number of carbonyl (C=O) groups excluding carboxylic acids is 1. The average molecular weight is 307 g/mol. The molecule has 2 rings (SSSR count). The minimum absolute atomic E-state index is 0.207. The Morgan fingerprint density at radius 3 is 2.64 bits per heavy atom. The number of piperidine rings is 1. The van der Waals surface area contributed by atoms with E-state index in [0.717, 1.165) is 32.4 Å². The predicted molar refractivity (Wildman–Crippen MR) is 82.7 cm³/mol. The van der Waals surface area contributed by atoms with Crippen molar-refractivity contribution in [1.82, 2.24) is 14.9 Å². The van der Waals surface area contributed by atoms with Gasteiger partial charge in [-0.05, 0) is 46.0 Å². The van der Waals surface area contributed by atoms with E-state index in [1.165, 1.54) is 0 Å². The van der Waals surface area contributed by atoms with Gasteiger partial charge in [0.15, 0.2) is 0 Å². The molecule has 1 saturated heterocycles. The summed E-state index contributed by atoms with van der Waals surface area (Å²) in [6.45, 7) is 7.82. The van der Waals surface area contributed by atoms with Crippen LogP contribution in [-0.2, 0) is 4.74 Å². The third-order valence-electron chi connectivity index (χ3n) is 3.58. The van der Waals surface area contributed by atoms with Crippen LogP contribution in [0.1, 0.15) is 40.0 Å². The maximum absolute atomic E-state index is 12.0. The molecule has 0 aliphatic carbocycles. The van der Waals surface area contributed by atoms with Gasteiger partial charge in [0.1, 0.15) is 5.60 Å². The molecule has 0 unspecified atom stereocenters. The molecule has 0 atom stereocenters. The Balaban J connectivity index is 1.66. The van der Waals surface area contributed by atoms with Crippen LogP contribution in [0.2, 0.25) is 0 Å². The molecule has 1 amide bonds. The molecule has 0 N–H and O–H groups in total. The SMILES string of the molecule is CC(C)(C)OC(=O)N1CCC(CCOc2cnccn2)CC1. The molecular formula is C16H25N3O3. The minimum atomic E-state index is -0.432. The summed E-state index contributed by atoms with van der Waals surface area (Å²) in [6, 6.07) is 0. The minimum Gasteiger partial charge on any atom is -0.477 e. The quantitative estimate of drug-likeness (QED) is 0.855. The molecule has 0 saturated carbocycles. The van der Waals surface area contributed by atoms with Crippen molar-refractivity contribution in [2.24, 2.45) is 5.92 Å². The lowest BCUT2D eigenvalue weighted by atomic mass is 9.94. The van der Waals surface area contributed by atoms with Crippen molar-refractivity contribution in [2.75, 3.05) is 19.7 Å². The largest absolute Gasteiger partial charge is 0.477 e. The van der Waals surface area contributed by atoms with E-state index in [0.29, 0.717) is 18.4 Å². The van der Waals surface area contributed by atoms with Gasteiger partial charge in [0, 0.05) is 25.5 Å². The Morgan fingerprint density at radius 2 is 2.05 bits per heavy atom. The van der Waals surface area contributed by atoms with E-state index in [9.17, 15) is 4.79 Å². The molecular weight excluding hydrogens is 282 g/mol. The maximum Gasteiger partial charge on any atom is 0.410 e. The number of hydrogen-bond donors (Lipinski definition) is 0. The van der Waals surface area contributed by atoms with E-state index in [1.54, 1.807) is 23.5 Å². The Labute approximate surface area is 131 Å². The third-order valence-corrected chi connectivity index (χ3v) is 3.58. The summed E-state index contributed by atoms with van der Waals surface area (Å²) in [4.78, 5) is 21.8. The molecule has 0 bridgehead atoms. The van der Waals surface area contributed by atoms with Crippen molar-refractivity contribution in [1.29, 1.82) is 0 Å². The van der Waals surface area contributed by atoms with Crippen molar-refractivity contribution in [3.8, 4) is 5.88 Å². The lowest BCUT2D eigenvalue weighted by molar-refractivity contribution is 0.0177. The monoisotopic (exact) mass is 307 g/mol. The molecule has 22 heavy (non-hydrogen) atoms. The Kier molecular flexibility index (Phi) is 5.57. The zero-order chi connectivity index (χ0) is 16.0. The summed E-state index contributed by atoms with van der Waals surface area (Å²) in [6.07, 6.45) is 7.60. The summed E-state index contributed by atoms with van der Waals surface area (Å²) < 4.78 is 11.0. The highest BCUT2D eigenvalue weighted by atomic mass is 16.6. The molecule has 1 aliphatic heterocycles. The van der Waals surface area contributed by atoms with Crippen LogP contribution < -0.4 is 4.74 Å². The number of ether oxygens (including phenoxy) is 2. The van der Waals surface area contributed by atoms with Gasteiger partial charge >= 0.3 is 6.09 Å². The van der Waals surface area contributed by atoms with Crippen LogP contribution in [0, 0.1) is 5.92 Å². The van der Waals surface area contributed by atoms with Crippen LogP contribution in [0.25, 0.3) is 0 Å². The molecule has 2 heterocycles. The molecule has 1 aromatic rings. The second-order valence-corrected chi connectivity index (χ2v) is 6.59. The lowest BCUT2D eigenvalue weighted by Gasteiger charge is -2.33. The summed E-state index contributed by atoms with van der Waals surface area (Å²) in [7, 11) is 0. The Morgan fingerprint density at radius 1 is 1.32 bits per heavy atom. The highest BCUT2D eigenvalue weighted by molar-refractivity contribution is 5.68. The molecule has 6 heteroatoms. The van der Waals surface area contributed by atoms with Gasteiger partial charge in [-0.1, -0.05) is 0 Å². The van der Waals surface area contributed by atoms with E-state index in [2.05, 4.69) is 9.97 Å². The second kappa shape index (κ2) is 7.42. The predicted octanol–water partition coefficient (Wildman–Crippen LogP) is 2.89. The Bertz CT molecular complexity index is 465. The highest BCUT2D eigenvalue weighted by Crippen LogP contribution is 2.22. The zero-order valence-electron chi connectivity index (χ0n) is 13.6. The summed E-state index contributed by atoms with van der Waals surface area (Å²) in [5, 5.41) is 0. The van der Waals surface area contributed by atoms with E-state index >= 15 is 0 Å². The van der Waals surface area contributed by atoms with Crippen LogP contribution in [0.15, 0.2) is 18.6 Å². The highest BCUT2D eigenvalue weighted by Gasteiger charge is 2.26. The normalized spacial score (nSPS) is 16.4. The van der Waals surface area contributed by atoms with Crippen molar-refractivity contribution in [3.05, 3.63) is 18.6 Å². The first-order valence-electron chi connectivity index (χ1n) is 7.81. The first-order valence-corrected chi connectivity index (χ1v) is 7.81. The lowest BCUT2D eigenvalue weighted by Crippen LogP contribution is -2.41. The summed E-state index contributed by atoms with van der Waals surface area (Å²) >= 11 is 0. The fourth-order valence-corrected chi connectivity index (χ4v) is 2.42. The first-order chi connectivity index (χ1) is 10.4. The van der Waals surface area contributed by atoms with E-state index in [-0.39, 0.29) is 6.09 Å². The topological polar surface area (TPSA) is 64.5 Å². The van der Waals surface area contributed by atoms with Gasteiger partial charge in [0.2, 0.25) is 5.88 Å². The van der Waals surface area contributed by atoms with Crippen molar-refractivity contribution in [2.45, 2.75) is 45.6 Å². The Hall–Kier alpha value is -1.85. The van der Waals surface area contributed by atoms with Crippen LogP contribution in [0.3, 0.4) is 0 Å². The number of nitrogens with zero attached hydrogens (tertiary/aromatic N) is 3. The molecule has 122 valence electrons. The molecule has 1 aromatic heterocycles. The van der Waals surface area contributed by atoms with Gasteiger partial charge in [-0.25, -0.2) is 9.78 Å². The van der Waals surface area contributed by atoms with E-state index in [1.807, 2.05) is 20.8 Å². The van der Waals surface area contributed by atoms with Gasteiger partial charge in [0.25, 0.3) is 0 Å². The van der Waals surface area contributed by atoms with Crippen LogP contribution >= 0.6 is 0 Å². The number of carbonyl (C=O) groups is 1. The fraction of sp³-hybridized carbons (Fsp3) is 0.688. The maximum atomic E-state index is 12.0. The van der Waals surface area contributed by atoms with E-state index < -0.39 is 5.60 Å². The summed E-state index contributed by atoms with van der Waals surface area (Å²) in [5.41, 5.74) is -0.432. The number of rotatable bonds is 4. The smallest absolute Gasteiger partial charge is 0.410 e. The van der Waals surface area contributed by atoms with Crippen molar-refractivity contribution in [3.63, 3.8) is 0 Å². The number of amides is 1. The van der Waals surface area contributed by atoms with Gasteiger partial charge < -0.3 is 14.4 Å². The van der Waals surface area contributed by atoms with Gasteiger partial charge in [-0.15, -0.1) is 0 Å². The molecule has 6 nitrogen and oxygen atoms in total. The number of likely N-dealkylation sites (tertiary alicyclic amines) is 1. The molecule has 0 aromatic carbocycles. The van der Waals surface area contributed by atoms with Crippen LogP contribution in [0.4, 0.5) is 4.79 Å². The van der Waals surface area contributed by atoms with Crippen molar-refractivity contribution >= 4 is 6.09 Å². The van der Waals surface area contributed by atoms with Gasteiger partial charge in [0.05, 0.1) is 12.8 Å². The zero-order valence-corrected chi connectivity index (χ0v) is 13.6. The molecule has 0 radical (unpaired) electrons. The fourth-order valence-electron chi connectivity index (χ4n) is 2.42. The molecule has 1 fully saturated rings. The standard InChI is InChI=1S/C16H25N3O3/c1-16(2,3)22-15(20)19-9-4-13(5-10-19)6-11-21-14-12-17-7-8-18-14/h7-8,12-13H,4-6,9-11H2,1-3H3. The van der Waals surface area contributed by atoms with Crippen LogP contribution in [-0.4, -0.2) is 46.3 Å². The molecule has 1 aliphatic rings. The average Bonchev–Trinajstić information content (AvgIpc) is 2.47. The third kappa shape index (κ3) is 5.50. The summed E-state index contributed by atoms with van der Waals surface area (Å²) in [5.74, 6) is 1.14. The second-order valence-electron chi connectivity index (χ2n) is 6.59. The van der Waals surface area contributed by atoms with Gasteiger partial charge in [-0.3, -0.25) is 4.98 Å². The van der Waals surface area contributed by atoms with E-state index in [4.69, 9.17) is 9.47 Å². The number of aromatic nitrogens is 2. The van der Waals surface area contributed by atoms with Crippen molar-refractivity contribution < 1.29 is 14.3 Å². The first kappa shape index (κ1) is 16.5. The molecule has 0 spiro atoms.